The van der Waals surface area contributed by atoms with Gasteiger partial charge in [0.05, 0.1) is 25.9 Å². The minimum Gasteiger partial charge on any atom is -0.381 e. The number of likely N-dealkylation sites (N-methyl/N-ethyl adjacent to an activating group) is 1. The molecule has 2 rings (SSSR count). The molecule has 0 bridgehead atoms. The Morgan fingerprint density at radius 1 is 1.12 bits per heavy atom. The van der Waals surface area contributed by atoms with Crippen LogP contribution in [0.5, 0.6) is 0 Å². The van der Waals surface area contributed by atoms with Crippen molar-refractivity contribution in [2.45, 2.75) is 31.9 Å². The molecule has 0 aliphatic carbocycles. The van der Waals surface area contributed by atoms with Crippen molar-refractivity contribution in [1.82, 2.24) is 5.32 Å². The standard InChI is InChI=1S/C12H23NO3/c1-2-13-12(10-3-5-14-6-4-10)11-9-15-7-8-16-11/h10-13H,2-9H2,1H3. The highest BCUT2D eigenvalue weighted by atomic mass is 16.6. The first-order valence-corrected chi connectivity index (χ1v) is 6.42. The van der Waals surface area contributed by atoms with Crippen molar-refractivity contribution < 1.29 is 14.2 Å². The lowest BCUT2D eigenvalue weighted by Gasteiger charge is -2.37. The van der Waals surface area contributed by atoms with Gasteiger partial charge in [-0.2, -0.15) is 0 Å². The van der Waals surface area contributed by atoms with Crippen LogP contribution in [0.2, 0.25) is 0 Å². The van der Waals surface area contributed by atoms with E-state index in [1.807, 2.05) is 0 Å². The van der Waals surface area contributed by atoms with Crippen molar-refractivity contribution in [3.05, 3.63) is 0 Å². The molecular weight excluding hydrogens is 206 g/mol. The summed E-state index contributed by atoms with van der Waals surface area (Å²) in [5.74, 6) is 0.667. The molecule has 94 valence electrons. The molecule has 1 N–H and O–H groups in total. The summed E-state index contributed by atoms with van der Waals surface area (Å²) in [6.07, 6.45) is 2.49. The molecule has 0 aromatic carbocycles. The van der Waals surface area contributed by atoms with Crippen LogP contribution in [0.1, 0.15) is 19.8 Å². The second-order valence-corrected chi connectivity index (χ2v) is 4.52. The molecule has 0 aromatic rings. The third kappa shape index (κ3) is 3.17. The number of hydrogen-bond donors (Lipinski definition) is 1. The van der Waals surface area contributed by atoms with Gasteiger partial charge in [-0.3, -0.25) is 0 Å². The van der Waals surface area contributed by atoms with E-state index in [4.69, 9.17) is 14.2 Å². The Hall–Kier alpha value is -0.160. The predicted octanol–water partition coefficient (Wildman–Crippen LogP) is 0.807. The van der Waals surface area contributed by atoms with Crippen LogP contribution in [0.3, 0.4) is 0 Å². The Labute approximate surface area is 97.6 Å². The molecule has 0 amide bonds. The summed E-state index contributed by atoms with van der Waals surface area (Å²) in [5.41, 5.74) is 0. The lowest BCUT2D eigenvalue weighted by Crippen LogP contribution is -2.51. The highest BCUT2D eigenvalue weighted by Gasteiger charge is 2.32. The fourth-order valence-electron chi connectivity index (χ4n) is 2.63. The van der Waals surface area contributed by atoms with Crippen molar-refractivity contribution in [3.8, 4) is 0 Å². The fraction of sp³-hybridized carbons (Fsp3) is 1.00. The van der Waals surface area contributed by atoms with Crippen LogP contribution in [0.4, 0.5) is 0 Å². The van der Waals surface area contributed by atoms with Gasteiger partial charge < -0.3 is 19.5 Å². The minimum atomic E-state index is 0.219. The first kappa shape index (κ1) is 12.3. The maximum absolute atomic E-state index is 5.82. The summed E-state index contributed by atoms with van der Waals surface area (Å²) in [6.45, 7) is 7.12. The molecular formula is C12H23NO3. The topological polar surface area (TPSA) is 39.7 Å². The van der Waals surface area contributed by atoms with Gasteiger partial charge >= 0.3 is 0 Å². The summed E-state index contributed by atoms with van der Waals surface area (Å²) in [5, 5.41) is 3.56. The van der Waals surface area contributed by atoms with Gasteiger partial charge in [0, 0.05) is 19.3 Å². The molecule has 16 heavy (non-hydrogen) atoms. The molecule has 2 unspecified atom stereocenters. The van der Waals surface area contributed by atoms with Crippen LogP contribution in [0.15, 0.2) is 0 Å². The summed E-state index contributed by atoms with van der Waals surface area (Å²) in [7, 11) is 0. The molecule has 4 nitrogen and oxygen atoms in total. The highest BCUT2D eigenvalue weighted by molar-refractivity contribution is 4.86. The first-order valence-electron chi connectivity index (χ1n) is 6.42. The highest BCUT2D eigenvalue weighted by Crippen LogP contribution is 2.23. The van der Waals surface area contributed by atoms with Gasteiger partial charge in [-0.25, -0.2) is 0 Å². The molecule has 0 aromatic heterocycles. The molecule has 2 aliphatic rings. The van der Waals surface area contributed by atoms with E-state index in [2.05, 4.69) is 12.2 Å². The van der Waals surface area contributed by atoms with Crippen molar-refractivity contribution in [1.29, 1.82) is 0 Å². The second kappa shape index (κ2) is 6.55. The summed E-state index contributed by atoms with van der Waals surface area (Å²) < 4.78 is 16.7. The summed E-state index contributed by atoms with van der Waals surface area (Å²) in [6, 6.07) is 0.425. The maximum Gasteiger partial charge on any atom is 0.0964 e. The zero-order valence-electron chi connectivity index (χ0n) is 10.1. The lowest BCUT2D eigenvalue weighted by atomic mass is 9.88. The predicted molar refractivity (Wildman–Crippen MR) is 61.6 cm³/mol. The fourth-order valence-corrected chi connectivity index (χ4v) is 2.63. The van der Waals surface area contributed by atoms with Gasteiger partial charge in [0.2, 0.25) is 0 Å². The van der Waals surface area contributed by atoms with E-state index in [9.17, 15) is 0 Å². The van der Waals surface area contributed by atoms with Crippen LogP contribution in [-0.4, -0.2) is 51.7 Å². The number of ether oxygens (including phenoxy) is 3. The van der Waals surface area contributed by atoms with E-state index in [1.165, 1.54) is 0 Å². The Balaban J connectivity index is 1.91. The van der Waals surface area contributed by atoms with E-state index < -0.39 is 0 Å². The van der Waals surface area contributed by atoms with Crippen molar-refractivity contribution in [2.24, 2.45) is 5.92 Å². The molecule has 2 heterocycles. The summed E-state index contributed by atoms with van der Waals surface area (Å²) >= 11 is 0. The molecule has 0 radical (unpaired) electrons. The monoisotopic (exact) mass is 229 g/mol. The Kier molecular flexibility index (Phi) is 5.03. The molecule has 2 saturated heterocycles. The van der Waals surface area contributed by atoms with Crippen LogP contribution < -0.4 is 5.32 Å². The average molecular weight is 229 g/mol. The number of nitrogens with one attached hydrogen (secondary N) is 1. The van der Waals surface area contributed by atoms with Gasteiger partial charge in [-0.15, -0.1) is 0 Å². The number of hydrogen-bond acceptors (Lipinski definition) is 4. The Morgan fingerprint density at radius 2 is 1.94 bits per heavy atom. The minimum absolute atomic E-state index is 0.219. The van der Waals surface area contributed by atoms with E-state index in [0.717, 1.165) is 52.4 Å². The maximum atomic E-state index is 5.82. The van der Waals surface area contributed by atoms with Crippen molar-refractivity contribution in [3.63, 3.8) is 0 Å². The van der Waals surface area contributed by atoms with Gasteiger partial charge in [-0.1, -0.05) is 6.92 Å². The molecule has 0 saturated carbocycles. The third-order valence-corrected chi connectivity index (χ3v) is 3.46. The van der Waals surface area contributed by atoms with Crippen LogP contribution in [0, 0.1) is 5.92 Å². The largest absolute Gasteiger partial charge is 0.381 e. The summed E-state index contributed by atoms with van der Waals surface area (Å²) in [4.78, 5) is 0. The van der Waals surface area contributed by atoms with Crippen molar-refractivity contribution in [2.75, 3.05) is 39.6 Å². The zero-order valence-corrected chi connectivity index (χ0v) is 10.1. The Morgan fingerprint density at radius 3 is 2.56 bits per heavy atom. The molecule has 4 heteroatoms. The van der Waals surface area contributed by atoms with Gasteiger partial charge in [0.15, 0.2) is 0 Å². The van der Waals surface area contributed by atoms with Crippen molar-refractivity contribution >= 4 is 0 Å². The quantitative estimate of drug-likeness (QED) is 0.774. The van der Waals surface area contributed by atoms with Crippen LogP contribution in [-0.2, 0) is 14.2 Å². The smallest absolute Gasteiger partial charge is 0.0964 e. The van der Waals surface area contributed by atoms with E-state index in [-0.39, 0.29) is 6.10 Å². The zero-order chi connectivity index (χ0) is 11.2. The van der Waals surface area contributed by atoms with E-state index in [1.54, 1.807) is 0 Å². The third-order valence-electron chi connectivity index (χ3n) is 3.46. The average Bonchev–Trinajstić information content (AvgIpc) is 2.38. The SMILES string of the molecule is CCNC(C1CCOCC1)C1COCCO1. The molecule has 2 aliphatic heterocycles. The normalized spacial score (nSPS) is 30.2. The van der Waals surface area contributed by atoms with Gasteiger partial charge in [-0.05, 0) is 25.3 Å². The van der Waals surface area contributed by atoms with Gasteiger partial charge in [0.1, 0.15) is 0 Å². The lowest BCUT2D eigenvalue weighted by molar-refractivity contribution is -0.114. The van der Waals surface area contributed by atoms with E-state index in [0.29, 0.717) is 12.0 Å². The van der Waals surface area contributed by atoms with E-state index >= 15 is 0 Å². The molecule has 2 atom stereocenters. The van der Waals surface area contributed by atoms with Crippen LogP contribution >= 0.6 is 0 Å². The Bertz CT molecular complexity index is 171. The number of rotatable bonds is 4. The molecule has 2 fully saturated rings. The first-order chi connectivity index (χ1) is 7.92. The molecule has 0 spiro atoms. The van der Waals surface area contributed by atoms with Crippen LogP contribution in [0.25, 0.3) is 0 Å². The van der Waals surface area contributed by atoms with Gasteiger partial charge in [0.25, 0.3) is 0 Å². The second-order valence-electron chi connectivity index (χ2n) is 4.52.